The second-order valence-electron chi connectivity index (χ2n) is 9.83. The van der Waals surface area contributed by atoms with E-state index in [1.165, 1.54) is 7.11 Å². The number of amides is 4. The maximum absolute atomic E-state index is 13.4. The quantitative estimate of drug-likeness (QED) is 0.505. The van der Waals surface area contributed by atoms with E-state index in [-0.39, 0.29) is 24.2 Å². The molecule has 0 bridgehead atoms. The number of likely N-dealkylation sites (tertiary alicyclic amines) is 2. The summed E-state index contributed by atoms with van der Waals surface area (Å²) in [5.41, 5.74) is 2.39. The molecule has 10 heteroatoms. The second kappa shape index (κ2) is 12.0. The largest absolute Gasteiger partial charge is 0.495 e. The Morgan fingerprint density at radius 1 is 0.974 bits per heavy atom. The molecule has 0 spiro atoms. The van der Waals surface area contributed by atoms with Crippen LogP contribution in [-0.2, 0) is 9.59 Å². The van der Waals surface area contributed by atoms with E-state index in [4.69, 9.17) is 9.84 Å². The summed E-state index contributed by atoms with van der Waals surface area (Å²) in [5, 5.41) is 14.6. The Balaban J connectivity index is 1.41. The van der Waals surface area contributed by atoms with Crippen LogP contribution in [0.4, 0.5) is 16.2 Å². The van der Waals surface area contributed by atoms with Crippen LogP contribution >= 0.6 is 0 Å². The summed E-state index contributed by atoms with van der Waals surface area (Å²) in [7, 11) is 1.46. The molecule has 3 N–H and O–H groups in total. The van der Waals surface area contributed by atoms with Gasteiger partial charge in [-0.25, -0.2) is 4.79 Å². The molecule has 1 atom stereocenters. The highest BCUT2D eigenvalue weighted by atomic mass is 16.5. The molecule has 0 aliphatic carbocycles. The molecule has 38 heavy (non-hydrogen) atoms. The molecule has 2 saturated heterocycles. The first kappa shape index (κ1) is 27.0. The molecule has 2 fully saturated rings. The van der Waals surface area contributed by atoms with Crippen LogP contribution < -0.4 is 15.4 Å². The molecule has 202 valence electrons. The smallest absolute Gasteiger partial charge is 0.323 e. The summed E-state index contributed by atoms with van der Waals surface area (Å²) in [6.07, 6.45) is 2.75. The number of carboxylic acids is 1. The number of nitrogens with zero attached hydrogens (tertiary/aromatic N) is 2. The van der Waals surface area contributed by atoms with Gasteiger partial charge < -0.3 is 30.3 Å². The zero-order valence-electron chi connectivity index (χ0n) is 21.7. The van der Waals surface area contributed by atoms with Crippen LogP contribution in [0.2, 0.25) is 0 Å². The predicted octanol–water partition coefficient (Wildman–Crippen LogP) is 3.97. The average molecular weight is 523 g/mol. The summed E-state index contributed by atoms with van der Waals surface area (Å²) in [4.78, 5) is 53.6. The number of ether oxygens (including phenoxy) is 1. The van der Waals surface area contributed by atoms with Crippen molar-refractivity contribution >= 4 is 35.2 Å². The van der Waals surface area contributed by atoms with Crippen molar-refractivity contribution in [2.24, 2.45) is 5.92 Å². The van der Waals surface area contributed by atoms with Crippen LogP contribution in [0.1, 0.15) is 48.0 Å². The minimum atomic E-state index is -0.814. The molecule has 0 unspecified atom stereocenters. The van der Waals surface area contributed by atoms with Gasteiger partial charge >= 0.3 is 12.0 Å². The fourth-order valence-corrected chi connectivity index (χ4v) is 5.16. The fourth-order valence-electron chi connectivity index (χ4n) is 5.16. The summed E-state index contributed by atoms with van der Waals surface area (Å²) in [5.74, 6) is -0.751. The monoisotopic (exact) mass is 522 g/mol. The SMILES string of the molecule is COc1cc(C(=O)N2CCC[C@@H]2C(=O)N2CCC(CC(=O)O)CC2)ccc1NC(=O)Nc1ccccc1C. The van der Waals surface area contributed by atoms with Crippen molar-refractivity contribution in [3.63, 3.8) is 0 Å². The molecule has 4 rings (SSSR count). The first-order valence-corrected chi connectivity index (χ1v) is 12.9. The highest BCUT2D eigenvalue weighted by molar-refractivity contribution is 6.02. The molecule has 0 saturated carbocycles. The highest BCUT2D eigenvalue weighted by Crippen LogP contribution is 2.30. The van der Waals surface area contributed by atoms with Crippen LogP contribution in [0.25, 0.3) is 0 Å². The van der Waals surface area contributed by atoms with Gasteiger partial charge in [-0.1, -0.05) is 18.2 Å². The Morgan fingerprint density at radius 2 is 1.68 bits per heavy atom. The highest BCUT2D eigenvalue weighted by Gasteiger charge is 2.38. The van der Waals surface area contributed by atoms with Crippen LogP contribution in [0, 0.1) is 12.8 Å². The third-order valence-corrected chi connectivity index (χ3v) is 7.28. The number of carbonyl (C=O) groups is 4. The molecule has 2 aromatic rings. The van der Waals surface area contributed by atoms with E-state index >= 15 is 0 Å². The minimum absolute atomic E-state index is 0.0799. The number of aryl methyl sites for hydroxylation is 1. The number of nitrogens with one attached hydrogen (secondary N) is 2. The van der Waals surface area contributed by atoms with Gasteiger partial charge in [0.2, 0.25) is 5.91 Å². The van der Waals surface area contributed by atoms with Crippen LogP contribution in [0.3, 0.4) is 0 Å². The number of carboxylic acid groups (broad SMARTS) is 1. The van der Waals surface area contributed by atoms with Crippen molar-refractivity contribution in [3.05, 3.63) is 53.6 Å². The standard InChI is InChI=1S/C28H34N4O6/c1-18-6-3-4-7-21(18)29-28(37)30-22-10-9-20(17-24(22)38-2)26(35)32-13-5-8-23(32)27(36)31-14-11-19(12-15-31)16-25(33)34/h3-4,6-7,9-10,17,19,23H,5,8,11-16H2,1-2H3,(H,33,34)(H2,29,30,37)/t23-/m1/s1. The lowest BCUT2D eigenvalue weighted by atomic mass is 9.93. The number of urea groups is 1. The molecular weight excluding hydrogens is 488 g/mol. The van der Waals surface area contributed by atoms with Crippen LogP contribution in [-0.4, -0.2) is 71.5 Å². The molecule has 4 amide bonds. The van der Waals surface area contributed by atoms with Crippen molar-refractivity contribution in [2.75, 3.05) is 37.4 Å². The summed E-state index contributed by atoms with van der Waals surface area (Å²) in [6.45, 7) is 3.39. The van der Waals surface area contributed by atoms with Crippen molar-refractivity contribution in [3.8, 4) is 5.75 Å². The van der Waals surface area contributed by atoms with Gasteiger partial charge in [0, 0.05) is 37.3 Å². The van der Waals surface area contributed by atoms with E-state index in [9.17, 15) is 19.2 Å². The maximum Gasteiger partial charge on any atom is 0.323 e. The van der Waals surface area contributed by atoms with Gasteiger partial charge in [-0.15, -0.1) is 0 Å². The molecule has 0 aromatic heterocycles. The van der Waals surface area contributed by atoms with Crippen LogP contribution in [0.5, 0.6) is 5.75 Å². The van der Waals surface area contributed by atoms with Crippen LogP contribution in [0.15, 0.2) is 42.5 Å². The molecule has 10 nitrogen and oxygen atoms in total. The minimum Gasteiger partial charge on any atom is -0.495 e. The number of hydrogen-bond acceptors (Lipinski definition) is 5. The summed E-state index contributed by atoms with van der Waals surface area (Å²) in [6, 6.07) is 11.3. The number of carbonyl (C=O) groups excluding carboxylic acids is 3. The number of aliphatic carboxylic acids is 1. The van der Waals surface area contributed by atoms with Crippen molar-refractivity contribution in [1.29, 1.82) is 0 Å². The fraction of sp³-hybridized carbons (Fsp3) is 0.429. The molecule has 2 aromatic carbocycles. The van der Waals surface area contributed by atoms with Crippen molar-refractivity contribution < 1.29 is 29.0 Å². The Labute approximate surface area is 221 Å². The average Bonchev–Trinajstić information content (AvgIpc) is 3.39. The van der Waals surface area contributed by atoms with Gasteiger partial charge in [-0.2, -0.15) is 0 Å². The molecule has 2 heterocycles. The molecule has 0 radical (unpaired) electrons. The lowest BCUT2D eigenvalue weighted by Gasteiger charge is -2.35. The normalized spacial score (nSPS) is 17.7. The number of para-hydroxylation sites is 1. The molecular formula is C28H34N4O6. The third-order valence-electron chi connectivity index (χ3n) is 7.28. The zero-order valence-corrected chi connectivity index (χ0v) is 21.7. The Kier molecular flexibility index (Phi) is 8.50. The number of anilines is 2. The zero-order chi connectivity index (χ0) is 27.2. The van der Waals surface area contributed by atoms with Gasteiger partial charge in [-0.05, 0) is 68.4 Å². The van der Waals surface area contributed by atoms with E-state index < -0.39 is 18.0 Å². The number of methoxy groups -OCH3 is 1. The van der Waals surface area contributed by atoms with E-state index in [0.717, 1.165) is 12.0 Å². The van der Waals surface area contributed by atoms with E-state index in [2.05, 4.69) is 10.6 Å². The summed E-state index contributed by atoms with van der Waals surface area (Å²) < 4.78 is 5.45. The number of piperidine rings is 1. The molecule has 2 aliphatic rings. The van der Waals surface area contributed by atoms with Gasteiger partial charge in [0.15, 0.2) is 0 Å². The first-order valence-electron chi connectivity index (χ1n) is 12.9. The molecule has 2 aliphatic heterocycles. The maximum atomic E-state index is 13.4. The van der Waals surface area contributed by atoms with Crippen molar-refractivity contribution in [1.82, 2.24) is 9.80 Å². The topological polar surface area (TPSA) is 128 Å². The number of hydrogen-bond donors (Lipinski definition) is 3. The Bertz CT molecular complexity index is 1210. The summed E-state index contributed by atoms with van der Waals surface area (Å²) >= 11 is 0. The Hall–Kier alpha value is -4.08. The van der Waals surface area contributed by atoms with Gasteiger partial charge in [0.05, 0.1) is 12.8 Å². The lowest BCUT2D eigenvalue weighted by molar-refractivity contribution is -0.139. The number of benzene rings is 2. The third kappa shape index (κ3) is 6.24. The van der Waals surface area contributed by atoms with E-state index in [0.29, 0.717) is 61.6 Å². The lowest BCUT2D eigenvalue weighted by Crippen LogP contribution is -2.50. The predicted molar refractivity (Wildman–Crippen MR) is 142 cm³/mol. The number of rotatable bonds is 7. The van der Waals surface area contributed by atoms with E-state index in [1.807, 2.05) is 25.1 Å². The first-order chi connectivity index (χ1) is 18.3. The van der Waals surface area contributed by atoms with E-state index in [1.54, 1.807) is 34.1 Å². The second-order valence-corrected chi connectivity index (χ2v) is 9.83. The Morgan fingerprint density at radius 3 is 2.37 bits per heavy atom. The van der Waals surface area contributed by atoms with Gasteiger partial charge in [0.25, 0.3) is 5.91 Å². The van der Waals surface area contributed by atoms with Gasteiger partial charge in [0.1, 0.15) is 11.8 Å². The van der Waals surface area contributed by atoms with Gasteiger partial charge in [-0.3, -0.25) is 14.4 Å². The van der Waals surface area contributed by atoms with Crippen molar-refractivity contribution in [2.45, 2.75) is 45.1 Å².